The van der Waals surface area contributed by atoms with Gasteiger partial charge in [0.25, 0.3) is 0 Å². The van der Waals surface area contributed by atoms with Crippen LogP contribution in [0, 0.1) is 13.8 Å². The molecule has 4 nitrogen and oxygen atoms in total. The molecule has 0 amide bonds. The summed E-state index contributed by atoms with van der Waals surface area (Å²) in [6.07, 6.45) is 6.37. The monoisotopic (exact) mass is 286 g/mol. The van der Waals surface area contributed by atoms with Crippen molar-refractivity contribution in [3.63, 3.8) is 0 Å². The van der Waals surface area contributed by atoms with Gasteiger partial charge in [-0.15, -0.1) is 0 Å². The molecule has 0 aliphatic heterocycles. The predicted molar refractivity (Wildman–Crippen MR) is 83.4 cm³/mol. The zero-order valence-corrected chi connectivity index (χ0v) is 12.6. The maximum Gasteiger partial charge on any atom is 0.148 e. The van der Waals surface area contributed by atoms with Gasteiger partial charge >= 0.3 is 0 Å². The normalized spacial score (nSPS) is 14.1. The van der Waals surface area contributed by atoms with E-state index in [-0.39, 0.29) is 0 Å². The van der Waals surface area contributed by atoms with Crippen molar-refractivity contribution in [3.05, 3.63) is 40.6 Å². The number of rotatable bonds is 2. The van der Waals surface area contributed by atoms with Crippen LogP contribution >= 0.6 is 12.2 Å². The molecule has 0 spiro atoms. The van der Waals surface area contributed by atoms with Crippen molar-refractivity contribution in [2.75, 3.05) is 0 Å². The molecule has 0 fully saturated rings. The Morgan fingerprint density at radius 1 is 1.30 bits per heavy atom. The Morgan fingerprint density at radius 3 is 2.80 bits per heavy atom. The molecule has 2 aromatic rings. The number of nitrogens with two attached hydrogens (primary N) is 1. The van der Waals surface area contributed by atoms with E-state index in [0.29, 0.717) is 4.99 Å². The molecular formula is C15H18N4S. The maximum absolute atomic E-state index is 5.91. The summed E-state index contributed by atoms with van der Waals surface area (Å²) < 4.78 is 2.07. The summed E-state index contributed by atoms with van der Waals surface area (Å²) >= 11 is 5.21. The quantitative estimate of drug-likeness (QED) is 0.861. The van der Waals surface area contributed by atoms with Gasteiger partial charge in [-0.3, -0.25) is 4.57 Å². The van der Waals surface area contributed by atoms with Crippen LogP contribution in [0.5, 0.6) is 0 Å². The van der Waals surface area contributed by atoms with Gasteiger partial charge in [0.2, 0.25) is 0 Å². The average molecular weight is 286 g/mol. The minimum absolute atomic E-state index is 0.392. The first kappa shape index (κ1) is 13.2. The summed E-state index contributed by atoms with van der Waals surface area (Å²) in [5.41, 5.74) is 11.2. The molecule has 3 rings (SSSR count). The standard InChI is InChI=1S/C15H18N4S/c1-9-7-10(2)18-15(13(9)14(16)20)19-8-17-11-5-3-4-6-12(11)19/h7-8H,3-6H2,1-2H3,(H2,16,20). The Kier molecular flexibility index (Phi) is 3.30. The molecule has 2 N–H and O–H groups in total. The molecule has 2 heterocycles. The topological polar surface area (TPSA) is 56.7 Å². The lowest BCUT2D eigenvalue weighted by molar-refractivity contribution is 0.653. The molecule has 5 heteroatoms. The van der Waals surface area contributed by atoms with E-state index < -0.39 is 0 Å². The fraction of sp³-hybridized carbons (Fsp3) is 0.400. The van der Waals surface area contributed by atoms with Gasteiger partial charge in [0.05, 0.1) is 11.3 Å². The van der Waals surface area contributed by atoms with E-state index in [1.54, 1.807) is 0 Å². The van der Waals surface area contributed by atoms with Crippen molar-refractivity contribution in [1.82, 2.24) is 14.5 Å². The van der Waals surface area contributed by atoms with Crippen LogP contribution in [0.25, 0.3) is 5.82 Å². The first-order valence-electron chi connectivity index (χ1n) is 6.91. The van der Waals surface area contributed by atoms with Crippen molar-refractivity contribution in [3.8, 4) is 5.82 Å². The average Bonchev–Trinajstić information content (AvgIpc) is 2.80. The lowest BCUT2D eigenvalue weighted by Gasteiger charge is -2.17. The van der Waals surface area contributed by atoms with E-state index in [1.165, 1.54) is 24.2 Å². The molecular weight excluding hydrogens is 268 g/mol. The highest BCUT2D eigenvalue weighted by molar-refractivity contribution is 7.80. The lowest BCUT2D eigenvalue weighted by atomic mass is 10.0. The Hall–Kier alpha value is -1.75. The molecule has 0 atom stereocenters. The number of hydrogen-bond acceptors (Lipinski definition) is 3. The van der Waals surface area contributed by atoms with Gasteiger partial charge in [-0.05, 0) is 51.2 Å². The first-order chi connectivity index (χ1) is 9.58. The third-order valence-corrected chi connectivity index (χ3v) is 4.03. The fourth-order valence-electron chi connectivity index (χ4n) is 2.95. The summed E-state index contributed by atoms with van der Waals surface area (Å²) in [5.74, 6) is 0.825. The molecule has 0 saturated carbocycles. The molecule has 1 aliphatic carbocycles. The van der Waals surface area contributed by atoms with E-state index in [4.69, 9.17) is 18.0 Å². The van der Waals surface area contributed by atoms with Crippen molar-refractivity contribution in [1.29, 1.82) is 0 Å². The SMILES string of the molecule is Cc1cc(C)c(C(N)=S)c(-n2cnc3c2CCCC3)n1. The summed E-state index contributed by atoms with van der Waals surface area (Å²) in [6, 6.07) is 2.02. The van der Waals surface area contributed by atoms with E-state index in [1.807, 2.05) is 26.2 Å². The molecule has 0 bridgehead atoms. The summed E-state index contributed by atoms with van der Waals surface area (Å²) in [6.45, 7) is 4.01. The highest BCUT2D eigenvalue weighted by atomic mass is 32.1. The molecule has 1 aliphatic rings. The van der Waals surface area contributed by atoms with Crippen LogP contribution in [0.3, 0.4) is 0 Å². The molecule has 2 aromatic heterocycles. The smallest absolute Gasteiger partial charge is 0.148 e. The molecule has 20 heavy (non-hydrogen) atoms. The predicted octanol–water partition coefficient (Wildman–Crippen LogP) is 2.40. The van der Waals surface area contributed by atoms with Gasteiger partial charge < -0.3 is 5.73 Å². The van der Waals surface area contributed by atoms with Gasteiger partial charge in [0, 0.05) is 11.4 Å². The second kappa shape index (κ2) is 4.98. The van der Waals surface area contributed by atoms with Crippen LogP contribution in [-0.2, 0) is 12.8 Å². The second-order valence-electron chi connectivity index (χ2n) is 5.36. The number of hydrogen-bond donors (Lipinski definition) is 1. The van der Waals surface area contributed by atoms with Gasteiger partial charge in [0.1, 0.15) is 17.1 Å². The molecule has 0 radical (unpaired) electrons. The molecule has 0 saturated heterocycles. The largest absolute Gasteiger partial charge is 0.389 e. The zero-order chi connectivity index (χ0) is 14.3. The Labute approximate surface area is 124 Å². The van der Waals surface area contributed by atoms with Gasteiger partial charge in [0.15, 0.2) is 0 Å². The first-order valence-corrected chi connectivity index (χ1v) is 7.32. The van der Waals surface area contributed by atoms with Crippen LogP contribution in [-0.4, -0.2) is 19.5 Å². The Bertz CT molecular complexity index is 687. The Morgan fingerprint density at radius 2 is 2.05 bits per heavy atom. The van der Waals surface area contributed by atoms with E-state index in [2.05, 4.69) is 14.5 Å². The van der Waals surface area contributed by atoms with Crippen molar-refractivity contribution < 1.29 is 0 Å². The van der Waals surface area contributed by atoms with E-state index in [9.17, 15) is 0 Å². The lowest BCUT2D eigenvalue weighted by Crippen LogP contribution is -2.18. The van der Waals surface area contributed by atoms with Crippen LogP contribution < -0.4 is 5.73 Å². The van der Waals surface area contributed by atoms with E-state index in [0.717, 1.165) is 35.5 Å². The number of thiocarbonyl (C=S) groups is 1. The van der Waals surface area contributed by atoms with Crippen LogP contribution in [0.15, 0.2) is 12.4 Å². The zero-order valence-electron chi connectivity index (χ0n) is 11.8. The van der Waals surface area contributed by atoms with Crippen molar-refractivity contribution in [2.45, 2.75) is 39.5 Å². The third-order valence-electron chi connectivity index (χ3n) is 3.83. The number of fused-ring (bicyclic) bond motifs is 1. The number of aromatic nitrogens is 3. The minimum atomic E-state index is 0.392. The van der Waals surface area contributed by atoms with Crippen LogP contribution in [0.2, 0.25) is 0 Å². The van der Waals surface area contributed by atoms with Crippen molar-refractivity contribution >= 4 is 17.2 Å². The summed E-state index contributed by atoms with van der Waals surface area (Å²) in [5, 5.41) is 0. The number of imidazole rings is 1. The Balaban J connectivity index is 2.24. The second-order valence-corrected chi connectivity index (χ2v) is 5.80. The number of aryl methyl sites for hydroxylation is 3. The fourth-order valence-corrected chi connectivity index (χ4v) is 3.20. The maximum atomic E-state index is 5.91. The van der Waals surface area contributed by atoms with Gasteiger partial charge in [-0.1, -0.05) is 12.2 Å². The molecule has 0 aromatic carbocycles. The van der Waals surface area contributed by atoms with Gasteiger partial charge in [-0.2, -0.15) is 0 Å². The number of nitrogens with zero attached hydrogens (tertiary/aromatic N) is 3. The van der Waals surface area contributed by atoms with Crippen LogP contribution in [0.4, 0.5) is 0 Å². The summed E-state index contributed by atoms with van der Waals surface area (Å²) in [4.78, 5) is 9.58. The van der Waals surface area contributed by atoms with Crippen molar-refractivity contribution in [2.24, 2.45) is 5.73 Å². The van der Waals surface area contributed by atoms with Gasteiger partial charge in [-0.25, -0.2) is 9.97 Å². The molecule has 0 unspecified atom stereocenters. The highest BCUT2D eigenvalue weighted by Gasteiger charge is 2.20. The third kappa shape index (κ3) is 2.12. The van der Waals surface area contributed by atoms with E-state index >= 15 is 0 Å². The van der Waals surface area contributed by atoms with Crippen LogP contribution in [0.1, 0.15) is 41.1 Å². The minimum Gasteiger partial charge on any atom is -0.389 e. The number of pyridine rings is 1. The summed E-state index contributed by atoms with van der Waals surface area (Å²) in [7, 11) is 0. The molecule has 104 valence electrons. The highest BCUT2D eigenvalue weighted by Crippen LogP contribution is 2.25.